The molecule has 24 heavy (non-hydrogen) atoms. The van der Waals surface area contributed by atoms with Crippen LogP contribution in [0.5, 0.6) is 0 Å². The highest BCUT2D eigenvalue weighted by atomic mass is 32.2. The Morgan fingerprint density at radius 1 is 1.12 bits per heavy atom. The molecule has 1 aromatic carbocycles. The van der Waals surface area contributed by atoms with Crippen LogP contribution in [-0.4, -0.2) is 37.8 Å². The Morgan fingerprint density at radius 3 is 2.58 bits per heavy atom. The molecule has 0 aromatic heterocycles. The maximum atomic E-state index is 13.1. The summed E-state index contributed by atoms with van der Waals surface area (Å²) >= 11 is 0. The molecular weight excluding hydrogens is 324 g/mol. The zero-order chi connectivity index (χ0) is 16.9. The summed E-state index contributed by atoms with van der Waals surface area (Å²) in [6.45, 7) is 2.83. The van der Waals surface area contributed by atoms with Crippen molar-refractivity contribution < 1.29 is 13.2 Å². The monoisotopic (exact) mass is 348 g/mol. The second-order valence-corrected chi connectivity index (χ2v) is 9.12. The Bertz CT molecular complexity index is 770. The van der Waals surface area contributed by atoms with E-state index in [0.29, 0.717) is 23.9 Å². The minimum Gasteiger partial charge on any atom is -0.312 e. The molecule has 0 N–H and O–H groups in total. The third-order valence-corrected chi connectivity index (χ3v) is 7.80. The van der Waals surface area contributed by atoms with Crippen molar-refractivity contribution in [3.05, 3.63) is 23.8 Å². The van der Waals surface area contributed by atoms with E-state index in [-0.39, 0.29) is 11.9 Å². The van der Waals surface area contributed by atoms with Gasteiger partial charge in [-0.1, -0.05) is 6.42 Å². The number of nitrogens with zero attached hydrogens (tertiary/aromatic N) is 2. The normalized spacial score (nSPS) is 24.9. The second kappa shape index (κ2) is 5.85. The van der Waals surface area contributed by atoms with Crippen LogP contribution >= 0.6 is 0 Å². The number of benzene rings is 1. The molecule has 1 amide bonds. The van der Waals surface area contributed by atoms with Crippen LogP contribution in [0.2, 0.25) is 0 Å². The van der Waals surface area contributed by atoms with Gasteiger partial charge in [-0.3, -0.25) is 4.79 Å². The Labute approximate surface area is 143 Å². The fraction of sp³-hybridized carbons (Fsp3) is 0.611. The van der Waals surface area contributed by atoms with Crippen molar-refractivity contribution in [1.29, 1.82) is 0 Å². The predicted octanol–water partition coefficient (Wildman–Crippen LogP) is 2.55. The molecule has 130 valence electrons. The predicted molar refractivity (Wildman–Crippen MR) is 92.4 cm³/mol. The first kappa shape index (κ1) is 16.1. The van der Waals surface area contributed by atoms with Crippen molar-refractivity contribution in [1.82, 2.24) is 4.31 Å². The Kier molecular flexibility index (Phi) is 3.92. The molecule has 2 fully saturated rings. The summed E-state index contributed by atoms with van der Waals surface area (Å²) in [5.74, 6) is 0.554. The Morgan fingerprint density at radius 2 is 1.92 bits per heavy atom. The number of carbonyl (C=O) groups is 1. The van der Waals surface area contributed by atoms with Crippen molar-refractivity contribution in [2.75, 3.05) is 18.0 Å². The summed E-state index contributed by atoms with van der Waals surface area (Å²) in [4.78, 5) is 13.8. The van der Waals surface area contributed by atoms with Gasteiger partial charge in [0.25, 0.3) is 0 Å². The summed E-state index contributed by atoms with van der Waals surface area (Å²) in [7, 11) is -3.44. The van der Waals surface area contributed by atoms with E-state index >= 15 is 0 Å². The van der Waals surface area contributed by atoms with Gasteiger partial charge in [-0.15, -0.1) is 0 Å². The van der Waals surface area contributed by atoms with E-state index in [2.05, 4.69) is 0 Å². The molecule has 0 bridgehead atoms. The fourth-order valence-electron chi connectivity index (χ4n) is 4.36. The quantitative estimate of drug-likeness (QED) is 0.843. The third-order valence-electron chi connectivity index (χ3n) is 5.88. The van der Waals surface area contributed by atoms with Gasteiger partial charge in [0, 0.05) is 31.7 Å². The summed E-state index contributed by atoms with van der Waals surface area (Å²) in [5.41, 5.74) is 1.82. The molecule has 1 unspecified atom stereocenters. The number of sulfonamides is 1. The van der Waals surface area contributed by atoms with E-state index in [4.69, 9.17) is 0 Å². The fourth-order valence-corrected chi connectivity index (χ4v) is 6.17. The largest absolute Gasteiger partial charge is 0.312 e. The van der Waals surface area contributed by atoms with Gasteiger partial charge >= 0.3 is 0 Å². The van der Waals surface area contributed by atoms with Gasteiger partial charge in [0.15, 0.2) is 0 Å². The third kappa shape index (κ3) is 2.47. The number of amides is 1. The molecule has 4 rings (SSSR count). The molecular formula is C18H24N2O3S. The molecule has 1 aromatic rings. The lowest BCUT2D eigenvalue weighted by atomic mass is 9.79. The number of hydrogen-bond donors (Lipinski definition) is 0. The average molecular weight is 348 g/mol. The molecule has 0 radical (unpaired) electrons. The Hall–Kier alpha value is -1.40. The van der Waals surface area contributed by atoms with Crippen LogP contribution in [-0.2, 0) is 21.2 Å². The van der Waals surface area contributed by atoms with Crippen molar-refractivity contribution in [2.45, 2.75) is 56.4 Å². The maximum absolute atomic E-state index is 13.1. The van der Waals surface area contributed by atoms with Crippen LogP contribution in [0.15, 0.2) is 23.1 Å². The number of hydrogen-bond acceptors (Lipinski definition) is 3. The molecule has 1 aliphatic carbocycles. The minimum absolute atomic E-state index is 0.00828. The minimum atomic E-state index is -3.44. The maximum Gasteiger partial charge on any atom is 0.243 e. The number of anilines is 1. The van der Waals surface area contributed by atoms with Crippen LogP contribution in [0.3, 0.4) is 0 Å². The van der Waals surface area contributed by atoms with Crippen LogP contribution in [0.1, 0.15) is 44.6 Å². The van der Waals surface area contributed by atoms with Gasteiger partial charge in [0.05, 0.1) is 4.90 Å². The molecule has 1 saturated carbocycles. The van der Waals surface area contributed by atoms with E-state index < -0.39 is 10.0 Å². The average Bonchev–Trinajstić information content (AvgIpc) is 3.11. The highest BCUT2D eigenvalue weighted by molar-refractivity contribution is 7.89. The first-order valence-corrected chi connectivity index (χ1v) is 10.4. The van der Waals surface area contributed by atoms with Gasteiger partial charge in [0.1, 0.15) is 0 Å². The lowest BCUT2D eigenvalue weighted by Gasteiger charge is -2.36. The van der Waals surface area contributed by atoms with Crippen molar-refractivity contribution in [3.8, 4) is 0 Å². The number of fused-ring (bicyclic) bond motifs is 1. The standard InChI is InChI=1S/C18H24N2O3S/c1-13(21)19-11-9-15-12-16(7-8-17(15)19)24(22,23)20-10-3-6-18(20)14-4-2-5-14/h7-8,12,14,18H,2-6,9-11H2,1H3. The van der Waals surface area contributed by atoms with Gasteiger partial charge in [-0.2, -0.15) is 4.31 Å². The molecule has 2 aliphatic heterocycles. The highest BCUT2D eigenvalue weighted by Crippen LogP contribution is 2.40. The van der Waals surface area contributed by atoms with Crippen LogP contribution in [0.4, 0.5) is 5.69 Å². The summed E-state index contributed by atoms with van der Waals surface area (Å²) in [6.07, 6.45) is 6.23. The van der Waals surface area contributed by atoms with Gasteiger partial charge in [0.2, 0.25) is 15.9 Å². The first-order valence-electron chi connectivity index (χ1n) is 8.91. The number of carbonyl (C=O) groups excluding carboxylic acids is 1. The van der Waals surface area contributed by atoms with Crippen LogP contribution in [0.25, 0.3) is 0 Å². The van der Waals surface area contributed by atoms with E-state index in [1.165, 1.54) is 6.42 Å². The lowest BCUT2D eigenvalue weighted by Crippen LogP contribution is -2.42. The summed E-state index contributed by atoms with van der Waals surface area (Å²) < 4.78 is 28.0. The summed E-state index contributed by atoms with van der Waals surface area (Å²) in [5, 5.41) is 0. The molecule has 2 heterocycles. The molecule has 1 atom stereocenters. The van der Waals surface area contributed by atoms with Crippen molar-refractivity contribution >= 4 is 21.6 Å². The first-order chi connectivity index (χ1) is 11.5. The van der Waals surface area contributed by atoms with Crippen LogP contribution in [0, 0.1) is 5.92 Å². The van der Waals surface area contributed by atoms with Gasteiger partial charge in [-0.25, -0.2) is 8.42 Å². The zero-order valence-corrected chi connectivity index (χ0v) is 14.9. The van der Waals surface area contributed by atoms with E-state index in [1.807, 2.05) is 0 Å². The Balaban J connectivity index is 1.64. The number of rotatable bonds is 3. The van der Waals surface area contributed by atoms with E-state index in [9.17, 15) is 13.2 Å². The van der Waals surface area contributed by atoms with Crippen molar-refractivity contribution in [2.24, 2.45) is 5.92 Å². The smallest absolute Gasteiger partial charge is 0.243 e. The van der Waals surface area contributed by atoms with E-state index in [1.54, 1.807) is 34.3 Å². The van der Waals surface area contributed by atoms with Crippen LogP contribution < -0.4 is 4.90 Å². The molecule has 1 saturated heterocycles. The molecule has 5 nitrogen and oxygen atoms in total. The molecule has 0 spiro atoms. The zero-order valence-electron chi connectivity index (χ0n) is 14.1. The lowest BCUT2D eigenvalue weighted by molar-refractivity contribution is -0.116. The summed E-state index contributed by atoms with van der Waals surface area (Å²) in [6, 6.07) is 5.44. The molecule has 6 heteroatoms. The van der Waals surface area contributed by atoms with E-state index in [0.717, 1.165) is 43.4 Å². The topological polar surface area (TPSA) is 57.7 Å². The molecule has 3 aliphatic rings. The van der Waals surface area contributed by atoms with Gasteiger partial charge < -0.3 is 4.90 Å². The SMILES string of the molecule is CC(=O)N1CCc2cc(S(=O)(=O)N3CCCC3C3CCC3)ccc21. The van der Waals surface area contributed by atoms with Gasteiger partial charge in [-0.05, 0) is 61.8 Å². The van der Waals surface area contributed by atoms with Crippen molar-refractivity contribution in [3.63, 3.8) is 0 Å². The second-order valence-electron chi connectivity index (χ2n) is 7.23. The highest BCUT2D eigenvalue weighted by Gasteiger charge is 2.41.